The van der Waals surface area contributed by atoms with E-state index in [0.29, 0.717) is 11.3 Å². The van der Waals surface area contributed by atoms with E-state index in [4.69, 9.17) is 0 Å². The Labute approximate surface area is 160 Å². The lowest BCUT2D eigenvalue weighted by atomic mass is 10.0. The van der Waals surface area contributed by atoms with Crippen LogP contribution in [0.3, 0.4) is 0 Å². The molecule has 1 aliphatic heterocycles. The Morgan fingerprint density at radius 2 is 2.00 bits per heavy atom. The maximum absolute atomic E-state index is 13.2. The van der Waals surface area contributed by atoms with Gasteiger partial charge in [0.15, 0.2) is 9.84 Å². The average Bonchev–Trinajstić information content (AvgIpc) is 2.96. The third kappa shape index (κ3) is 4.87. The van der Waals surface area contributed by atoms with E-state index >= 15 is 0 Å². The van der Waals surface area contributed by atoms with Gasteiger partial charge in [-0.25, -0.2) is 13.4 Å². The number of nitrogens with zero attached hydrogens (tertiary/aromatic N) is 3. The summed E-state index contributed by atoms with van der Waals surface area (Å²) in [6.07, 6.45) is 3.99. The van der Waals surface area contributed by atoms with Gasteiger partial charge in [-0.05, 0) is 44.5 Å². The van der Waals surface area contributed by atoms with Crippen LogP contribution < -0.4 is 5.32 Å². The van der Waals surface area contributed by atoms with Crippen LogP contribution in [0.4, 0.5) is 0 Å². The van der Waals surface area contributed by atoms with E-state index in [1.54, 1.807) is 4.57 Å². The van der Waals surface area contributed by atoms with Gasteiger partial charge in [0.25, 0.3) is 0 Å². The number of piperidine rings is 1. The Kier molecular flexibility index (Phi) is 6.16. The van der Waals surface area contributed by atoms with Gasteiger partial charge >= 0.3 is 0 Å². The first-order valence-corrected chi connectivity index (χ1v) is 11.6. The van der Waals surface area contributed by atoms with E-state index in [9.17, 15) is 13.2 Å². The average molecular weight is 393 g/mol. The van der Waals surface area contributed by atoms with Crippen LogP contribution in [-0.4, -0.2) is 60.7 Å². The molecule has 0 saturated carbocycles. The van der Waals surface area contributed by atoms with E-state index in [2.05, 4.69) is 17.2 Å². The minimum atomic E-state index is -3.25. The molecule has 2 heterocycles. The predicted octanol–water partition coefficient (Wildman–Crippen LogP) is 1.57. The molecule has 7 nitrogen and oxygen atoms in total. The molecule has 1 N–H and O–H groups in total. The summed E-state index contributed by atoms with van der Waals surface area (Å²) >= 11 is 0. The van der Waals surface area contributed by atoms with Crippen molar-refractivity contribution in [1.82, 2.24) is 19.8 Å². The fourth-order valence-electron chi connectivity index (χ4n) is 3.74. The second-order valence-electron chi connectivity index (χ2n) is 7.24. The number of amides is 1. The van der Waals surface area contributed by atoms with E-state index in [-0.39, 0.29) is 24.2 Å². The Morgan fingerprint density at radius 1 is 1.30 bits per heavy atom. The molecule has 0 atom stereocenters. The minimum absolute atomic E-state index is 0.0293. The second kappa shape index (κ2) is 8.39. The second-order valence-corrected chi connectivity index (χ2v) is 9.38. The molecule has 1 aliphatic rings. The summed E-state index contributed by atoms with van der Waals surface area (Å²) in [6, 6.07) is 7.72. The maximum atomic E-state index is 13.2. The molecular formula is C19H28N4O3S. The molecule has 8 heteroatoms. The van der Waals surface area contributed by atoms with E-state index < -0.39 is 9.84 Å². The van der Waals surface area contributed by atoms with Crippen molar-refractivity contribution in [3.05, 3.63) is 30.1 Å². The predicted molar refractivity (Wildman–Crippen MR) is 106 cm³/mol. The summed E-state index contributed by atoms with van der Waals surface area (Å²) < 4.78 is 25.5. The van der Waals surface area contributed by atoms with Crippen LogP contribution in [-0.2, 0) is 26.9 Å². The number of nitrogens with one attached hydrogen (secondary N) is 1. The molecular weight excluding hydrogens is 364 g/mol. The van der Waals surface area contributed by atoms with Gasteiger partial charge in [0.2, 0.25) is 5.91 Å². The van der Waals surface area contributed by atoms with Crippen molar-refractivity contribution in [2.75, 3.05) is 25.9 Å². The molecule has 1 aromatic carbocycles. The van der Waals surface area contributed by atoms with Crippen molar-refractivity contribution >= 4 is 26.8 Å². The molecule has 148 valence electrons. The van der Waals surface area contributed by atoms with Crippen LogP contribution in [0.15, 0.2) is 24.3 Å². The fourth-order valence-corrected chi connectivity index (χ4v) is 4.43. The van der Waals surface area contributed by atoms with Gasteiger partial charge in [0.1, 0.15) is 18.1 Å². The number of carbonyl (C=O) groups excluding carboxylic acids is 1. The lowest BCUT2D eigenvalue weighted by Crippen LogP contribution is -2.47. The summed E-state index contributed by atoms with van der Waals surface area (Å²) in [7, 11) is -3.25. The topological polar surface area (TPSA) is 84.3 Å². The van der Waals surface area contributed by atoms with Crippen molar-refractivity contribution in [2.24, 2.45) is 0 Å². The summed E-state index contributed by atoms with van der Waals surface area (Å²) in [6.45, 7) is 4.76. The van der Waals surface area contributed by atoms with Gasteiger partial charge in [-0.15, -0.1) is 0 Å². The van der Waals surface area contributed by atoms with Crippen LogP contribution in [0.2, 0.25) is 0 Å². The van der Waals surface area contributed by atoms with Crippen molar-refractivity contribution in [3.8, 4) is 0 Å². The van der Waals surface area contributed by atoms with Gasteiger partial charge in [-0.3, -0.25) is 4.79 Å². The van der Waals surface area contributed by atoms with E-state index in [0.717, 1.165) is 44.4 Å². The zero-order chi connectivity index (χ0) is 19.4. The van der Waals surface area contributed by atoms with Crippen LogP contribution in [0.1, 0.15) is 32.0 Å². The van der Waals surface area contributed by atoms with E-state index in [1.807, 2.05) is 29.2 Å². The van der Waals surface area contributed by atoms with Crippen LogP contribution in [0.5, 0.6) is 0 Å². The lowest BCUT2D eigenvalue weighted by Gasteiger charge is -2.35. The molecule has 0 spiro atoms. The summed E-state index contributed by atoms with van der Waals surface area (Å²) in [4.78, 5) is 19.6. The van der Waals surface area contributed by atoms with Gasteiger partial charge < -0.3 is 14.8 Å². The molecule has 27 heavy (non-hydrogen) atoms. The van der Waals surface area contributed by atoms with Crippen molar-refractivity contribution < 1.29 is 13.2 Å². The number of fused-ring (bicyclic) bond motifs is 1. The summed E-state index contributed by atoms with van der Waals surface area (Å²) in [5.74, 6) is 0.284. The smallest absolute Gasteiger partial charge is 0.242 e. The zero-order valence-electron chi connectivity index (χ0n) is 16.0. The number of imidazole rings is 1. The molecule has 3 rings (SSSR count). The molecule has 1 amide bonds. The standard InChI is InChI=1S/C19H28N4O3S/c1-3-12-22(15-8-10-20-11-9-15)19(24)13-23-17-7-5-4-6-16(17)21-18(23)14-27(2,25)26/h4-7,15,20H,3,8-14H2,1-2H3. The highest BCUT2D eigenvalue weighted by Crippen LogP contribution is 2.20. The first-order valence-electron chi connectivity index (χ1n) is 9.51. The van der Waals surface area contributed by atoms with Gasteiger partial charge in [0.05, 0.1) is 11.0 Å². The first-order chi connectivity index (χ1) is 12.9. The molecule has 0 aliphatic carbocycles. The first kappa shape index (κ1) is 19.8. The lowest BCUT2D eigenvalue weighted by molar-refractivity contribution is -0.134. The quantitative estimate of drug-likeness (QED) is 0.773. The Bertz CT molecular complexity index is 901. The number of carbonyl (C=O) groups is 1. The normalized spacial score (nSPS) is 15.9. The molecule has 2 aromatic rings. The number of para-hydroxylation sites is 2. The largest absolute Gasteiger partial charge is 0.338 e. The molecule has 1 saturated heterocycles. The number of hydrogen-bond acceptors (Lipinski definition) is 5. The van der Waals surface area contributed by atoms with Gasteiger partial charge in [-0.1, -0.05) is 19.1 Å². The Morgan fingerprint density at radius 3 is 2.67 bits per heavy atom. The number of benzene rings is 1. The summed E-state index contributed by atoms with van der Waals surface area (Å²) in [5, 5.41) is 3.34. The van der Waals surface area contributed by atoms with Gasteiger partial charge in [0, 0.05) is 18.8 Å². The third-order valence-electron chi connectivity index (χ3n) is 4.95. The van der Waals surface area contributed by atoms with Crippen molar-refractivity contribution in [3.63, 3.8) is 0 Å². The zero-order valence-corrected chi connectivity index (χ0v) is 16.8. The fraction of sp³-hybridized carbons (Fsp3) is 0.579. The molecule has 0 unspecified atom stereocenters. The molecule has 0 radical (unpaired) electrons. The van der Waals surface area contributed by atoms with Gasteiger partial charge in [-0.2, -0.15) is 0 Å². The molecule has 1 fully saturated rings. The number of rotatable bonds is 7. The SMILES string of the molecule is CCCN(C(=O)Cn1c(CS(C)(=O)=O)nc2ccccc21)C1CCNCC1. The number of aromatic nitrogens is 2. The van der Waals surface area contributed by atoms with Crippen LogP contribution in [0, 0.1) is 0 Å². The van der Waals surface area contributed by atoms with Crippen molar-refractivity contribution in [1.29, 1.82) is 0 Å². The van der Waals surface area contributed by atoms with Crippen molar-refractivity contribution in [2.45, 2.75) is 44.5 Å². The monoisotopic (exact) mass is 392 g/mol. The Hall–Kier alpha value is -1.93. The maximum Gasteiger partial charge on any atom is 0.242 e. The third-order valence-corrected chi connectivity index (χ3v) is 5.74. The number of hydrogen-bond donors (Lipinski definition) is 1. The Balaban J connectivity index is 1.91. The molecule has 1 aromatic heterocycles. The number of sulfone groups is 1. The highest BCUT2D eigenvalue weighted by Gasteiger charge is 2.26. The van der Waals surface area contributed by atoms with Crippen LogP contribution >= 0.6 is 0 Å². The van der Waals surface area contributed by atoms with Crippen LogP contribution in [0.25, 0.3) is 11.0 Å². The molecule has 0 bridgehead atoms. The minimum Gasteiger partial charge on any atom is -0.338 e. The summed E-state index contributed by atoms with van der Waals surface area (Å²) in [5.41, 5.74) is 1.51. The highest BCUT2D eigenvalue weighted by molar-refractivity contribution is 7.89. The highest BCUT2D eigenvalue weighted by atomic mass is 32.2. The van der Waals surface area contributed by atoms with E-state index in [1.165, 1.54) is 6.26 Å².